The van der Waals surface area contributed by atoms with Gasteiger partial charge in [0.2, 0.25) is 5.82 Å². The lowest BCUT2D eigenvalue weighted by Crippen LogP contribution is -2.30. The molecule has 10 heteroatoms. The van der Waals surface area contributed by atoms with Crippen molar-refractivity contribution in [1.29, 1.82) is 0 Å². The van der Waals surface area contributed by atoms with E-state index in [9.17, 15) is 18.0 Å². The molecular weight excluding hydrogens is 319 g/mol. The summed E-state index contributed by atoms with van der Waals surface area (Å²) in [7, 11) is 1.28. The summed E-state index contributed by atoms with van der Waals surface area (Å²) in [6, 6.07) is 5.73. The second-order valence-corrected chi connectivity index (χ2v) is 4.14. The Kier molecular flexibility index (Phi) is 4.84. The second kappa shape index (κ2) is 6.65. The molecule has 124 valence electrons. The maximum Gasteiger partial charge on any atom is 0.471 e. The molecule has 0 saturated carbocycles. The lowest BCUT2D eigenvalue weighted by atomic mass is 10.2. The molecule has 1 heterocycles. The van der Waals surface area contributed by atoms with Crippen LogP contribution >= 0.6 is 0 Å². The van der Waals surface area contributed by atoms with Gasteiger partial charge >= 0.3 is 18.2 Å². The van der Waals surface area contributed by atoms with Gasteiger partial charge in [-0.2, -0.15) is 23.2 Å². The summed E-state index contributed by atoms with van der Waals surface area (Å²) in [4.78, 5) is 19.8. The summed E-state index contributed by atoms with van der Waals surface area (Å²) < 4.78 is 46.2. The van der Waals surface area contributed by atoms with Crippen molar-refractivity contribution in [1.82, 2.24) is 10.1 Å². The summed E-state index contributed by atoms with van der Waals surface area (Å²) in [6.07, 6.45) is -5.43. The first-order valence-corrected chi connectivity index (χ1v) is 6.39. The quantitative estimate of drug-likeness (QED) is 0.800. The molecule has 1 amide bonds. The monoisotopic (exact) mass is 331 g/mol. The number of ether oxygens (including phenoxy) is 1. The first-order chi connectivity index (χ1) is 10.9. The number of nitrogens with zero attached hydrogens (tertiary/aromatic N) is 3. The van der Waals surface area contributed by atoms with Gasteiger partial charge in [0, 0.05) is 5.56 Å². The van der Waals surface area contributed by atoms with Crippen molar-refractivity contribution in [3.63, 3.8) is 0 Å². The van der Waals surface area contributed by atoms with Crippen molar-refractivity contribution in [3.8, 4) is 11.4 Å². The van der Waals surface area contributed by atoms with Crippen LogP contribution in [0.1, 0.15) is 12.8 Å². The molecule has 0 aliphatic rings. The van der Waals surface area contributed by atoms with Crippen LogP contribution in [0.2, 0.25) is 0 Å². The summed E-state index contributed by atoms with van der Waals surface area (Å²) in [5, 5.41) is 4.16. The lowest BCUT2D eigenvalue weighted by molar-refractivity contribution is -0.159. The molecule has 0 unspecified atom stereocenters. The zero-order valence-corrected chi connectivity index (χ0v) is 12.1. The van der Waals surface area contributed by atoms with Crippen molar-refractivity contribution < 1.29 is 32.1 Å². The highest BCUT2D eigenvalue weighted by molar-refractivity contribution is 5.85. The van der Waals surface area contributed by atoms with Gasteiger partial charge in [-0.15, -0.1) is 0 Å². The van der Waals surface area contributed by atoms with Crippen molar-refractivity contribution >= 4 is 11.8 Å². The van der Waals surface area contributed by atoms with Crippen LogP contribution < -0.4 is 5.06 Å². The number of hydrogen-bond acceptors (Lipinski definition) is 6. The molecule has 1 aromatic carbocycles. The predicted molar refractivity (Wildman–Crippen MR) is 71.2 cm³/mol. The van der Waals surface area contributed by atoms with Gasteiger partial charge in [-0.05, 0) is 31.2 Å². The number of benzene rings is 1. The fourth-order valence-electron chi connectivity index (χ4n) is 1.67. The summed E-state index contributed by atoms with van der Waals surface area (Å²) in [5.74, 6) is -1.65. The Morgan fingerprint density at radius 2 is 1.96 bits per heavy atom. The zero-order valence-electron chi connectivity index (χ0n) is 12.1. The van der Waals surface area contributed by atoms with E-state index >= 15 is 0 Å². The van der Waals surface area contributed by atoms with Crippen molar-refractivity contribution in [2.45, 2.75) is 13.1 Å². The third kappa shape index (κ3) is 3.77. The molecule has 0 aliphatic carbocycles. The Morgan fingerprint density at radius 1 is 1.30 bits per heavy atom. The van der Waals surface area contributed by atoms with Gasteiger partial charge in [0.15, 0.2) is 0 Å². The Hall–Kier alpha value is -2.62. The van der Waals surface area contributed by atoms with Gasteiger partial charge in [-0.1, -0.05) is 5.16 Å². The maximum atomic E-state index is 12.4. The lowest BCUT2D eigenvalue weighted by Gasteiger charge is -2.18. The van der Waals surface area contributed by atoms with E-state index in [1.165, 1.54) is 31.4 Å². The van der Waals surface area contributed by atoms with Crippen molar-refractivity contribution in [2.24, 2.45) is 0 Å². The molecule has 0 saturated heterocycles. The van der Waals surface area contributed by atoms with Gasteiger partial charge < -0.3 is 9.26 Å². The molecular formula is C13H12F3N3O4. The van der Waals surface area contributed by atoms with Gasteiger partial charge in [0.05, 0.1) is 19.4 Å². The summed E-state index contributed by atoms with van der Waals surface area (Å²) >= 11 is 0. The van der Waals surface area contributed by atoms with E-state index < -0.39 is 18.2 Å². The van der Waals surface area contributed by atoms with E-state index in [0.29, 0.717) is 5.69 Å². The van der Waals surface area contributed by atoms with Crippen LogP contribution in [0.4, 0.5) is 23.7 Å². The van der Waals surface area contributed by atoms with Crippen LogP contribution in [0.5, 0.6) is 0 Å². The van der Waals surface area contributed by atoms with Crippen molar-refractivity contribution in [2.75, 3.05) is 18.8 Å². The minimum atomic E-state index is -4.71. The molecule has 0 bridgehead atoms. The number of hydroxylamine groups is 1. The van der Waals surface area contributed by atoms with Gasteiger partial charge in [0.1, 0.15) is 0 Å². The topological polar surface area (TPSA) is 77.7 Å². The fraction of sp³-hybridized carbons (Fsp3) is 0.308. The Labute approximate surface area is 128 Å². The van der Waals surface area contributed by atoms with E-state index in [0.717, 1.165) is 5.06 Å². The van der Waals surface area contributed by atoms with Crippen LogP contribution in [0.25, 0.3) is 11.4 Å². The van der Waals surface area contributed by atoms with E-state index in [1.807, 2.05) is 0 Å². The minimum absolute atomic E-state index is 0.167. The van der Waals surface area contributed by atoms with Crippen LogP contribution in [0, 0.1) is 0 Å². The summed E-state index contributed by atoms with van der Waals surface area (Å²) in [6.45, 7) is 1.81. The SMILES string of the molecule is CCOC(=O)N(OC)c1ccc(-c2noc(C(F)(F)F)n2)cc1. The number of halogens is 3. The normalized spacial score (nSPS) is 11.3. The largest absolute Gasteiger partial charge is 0.471 e. The zero-order chi connectivity index (χ0) is 17.0. The first kappa shape index (κ1) is 16.7. The Balaban J connectivity index is 2.22. The highest BCUT2D eigenvalue weighted by atomic mass is 19.4. The number of carbonyl (C=O) groups is 1. The molecule has 0 spiro atoms. The van der Waals surface area contributed by atoms with Crippen LogP contribution in [-0.4, -0.2) is 30.0 Å². The Bertz CT molecular complexity index is 670. The molecule has 0 atom stereocenters. The number of alkyl halides is 3. The third-order valence-electron chi connectivity index (χ3n) is 2.64. The van der Waals surface area contributed by atoms with Crippen LogP contribution in [0.15, 0.2) is 28.8 Å². The Morgan fingerprint density at radius 3 is 2.43 bits per heavy atom. The average Bonchev–Trinajstić information content (AvgIpc) is 2.99. The number of carbonyl (C=O) groups excluding carboxylic acids is 1. The van der Waals surface area contributed by atoms with Gasteiger partial charge in [-0.3, -0.25) is 4.84 Å². The van der Waals surface area contributed by atoms with Gasteiger partial charge in [0.25, 0.3) is 0 Å². The summed E-state index contributed by atoms with van der Waals surface area (Å²) in [5.41, 5.74) is 0.613. The molecule has 2 aromatic rings. The number of anilines is 1. The second-order valence-electron chi connectivity index (χ2n) is 4.14. The average molecular weight is 331 g/mol. The highest BCUT2D eigenvalue weighted by Gasteiger charge is 2.38. The molecule has 0 N–H and O–H groups in total. The minimum Gasteiger partial charge on any atom is -0.448 e. The molecule has 0 radical (unpaired) electrons. The molecule has 0 fully saturated rings. The molecule has 0 aliphatic heterocycles. The van der Waals surface area contributed by atoms with Crippen molar-refractivity contribution in [3.05, 3.63) is 30.2 Å². The van der Waals surface area contributed by atoms with E-state index in [4.69, 9.17) is 9.57 Å². The molecule has 23 heavy (non-hydrogen) atoms. The number of hydrogen-bond donors (Lipinski definition) is 0. The standard InChI is InChI=1S/C13H12F3N3O4/c1-3-22-12(20)19(21-2)9-6-4-8(5-7-9)10-17-11(23-18-10)13(14,15)16/h4-7H,3H2,1-2H3. The number of amides is 1. The third-order valence-corrected chi connectivity index (χ3v) is 2.64. The van der Waals surface area contributed by atoms with E-state index in [-0.39, 0.29) is 18.0 Å². The highest BCUT2D eigenvalue weighted by Crippen LogP contribution is 2.29. The number of aromatic nitrogens is 2. The van der Waals surface area contributed by atoms with Crippen LogP contribution in [0.3, 0.4) is 0 Å². The van der Waals surface area contributed by atoms with E-state index in [2.05, 4.69) is 14.7 Å². The van der Waals surface area contributed by atoms with Gasteiger partial charge in [-0.25, -0.2) is 4.79 Å². The van der Waals surface area contributed by atoms with E-state index in [1.54, 1.807) is 6.92 Å². The first-order valence-electron chi connectivity index (χ1n) is 6.39. The van der Waals surface area contributed by atoms with Crippen LogP contribution in [-0.2, 0) is 15.8 Å². The molecule has 2 rings (SSSR count). The predicted octanol–water partition coefficient (Wildman–Crippen LogP) is 3.28. The molecule has 1 aromatic heterocycles. The smallest absolute Gasteiger partial charge is 0.448 e. The molecule has 7 nitrogen and oxygen atoms in total. The maximum absolute atomic E-state index is 12.4. The fourth-order valence-corrected chi connectivity index (χ4v) is 1.67. The number of rotatable bonds is 4.